The Kier molecular flexibility index (Phi) is 7.20. The zero-order chi connectivity index (χ0) is 20.9. The molecular formula is C19H22BrN3O4S. The molecule has 1 N–H and O–H groups in total. The van der Waals surface area contributed by atoms with E-state index in [1.54, 1.807) is 25.1 Å². The molecule has 28 heavy (non-hydrogen) atoms. The Morgan fingerprint density at radius 2 is 1.86 bits per heavy atom. The Morgan fingerprint density at radius 3 is 2.43 bits per heavy atom. The molecule has 0 spiro atoms. The zero-order valence-electron chi connectivity index (χ0n) is 16.1. The summed E-state index contributed by atoms with van der Waals surface area (Å²) in [6.07, 6.45) is 1.04. The second-order valence-electron chi connectivity index (χ2n) is 6.18. The summed E-state index contributed by atoms with van der Waals surface area (Å²) < 4.78 is 31.8. The molecule has 2 aromatic rings. The van der Waals surface area contributed by atoms with Crippen LogP contribution in [-0.4, -0.2) is 39.9 Å². The van der Waals surface area contributed by atoms with E-state index < -0.39 is 22.5 Å². The SMILES string of the molecule is COc1ccc(C)cc1N(CC(=O)N/N=C(/C)c1ccc(Br)cc1)S(C)(=O)=O. The molecule has 0 aliphatic carbocycles. The maximum Gasteiger partial charge on any atom is 0.260 e. The molecule has 2 aromatic carbocycles. The average molecular weight is 468 g/mol. The van der Waals surface area contributed by atoms with Crippen molar-refractivity contribution in [2.24, 2.45) is 5.10 Å². The molecule has 2 rings (SSSR count). The van der Waals surface area contributed by atoms with Gasteiger partial charge < -0.3 is 4.74 Å². The van der Waals surface area contributed by atoms with Crippen molar-refractivity contribution in [1.82, 2.24) is 5.43 Å². The number of sulfonamides is 1. The Balaban J connectivity index is 2.22. The number of anilines is 1. The number of hydrogen-bond donors (Lipinski definition) is 1. The van der Waals surface area contributed by atoms with Crippen LogP contribution in [0, 0.1) is 6.92 Å². The molecule has 9 heteroatoms. The lowest BCUT2D eigenvalue weighted by Gasteiger charge is -2.23. The highest BCUT2D eigenvalue weighted by Crippen LogP contribution is 2.30. The number of hydrazone groups is 1. The monoisotopic (exact) mass is 467 g/mol. The quantitative estimate of drug-likeness (QED) is 0.500. The second kappa shape index (κ2) is 9.20. The van der Waals surface area contributed by atoms with E-state index >= 15 is 0 Å². The van der Waals surface area contributed by atoms with Gasteiger partial charge in [-0.15, -0.1) is 0 Å². The molecule has 1 amide bonds. The summed E-state index contributed by atoms with van der Waals surface area (Å²) in [6.45, 7) is 3.16. The summed E-state index contributed by atoms with van der Waals surface area (Å²) in [5, 5.41) is 4.06. The number of ether oxygens (including phenoxy) is 1. The minimum Gasteiger partial charge on any atom is -0.495 e. The van der Waals surface area contributed by atoms with Gasteiger partial charge in [0.1, 0.15) is 12.3 Å². The Hall–Kier alpha value is -2.39. The molecule has 0 aromatic heterocycles. The number of carbonyl (C=O) groups is 1. The number of carbonyl (C=O) groups excluding carboxylic acids is 1. The molecule has 0 atom stereocenters. The molecule has 0 heterocycles. The fraction of sp³-hybridized carbons (Fsp3) is 0.263. The molecule has 0 aliphatic rings. The van der Waals surface area contributed by atoms with E-state index in [1.807, 2.05) is 31.2 Å². The van der Waals surface area contributed by atoms with Crippen LogP contribution in [0.2, 0.25) is 0 Å². The summed E-state index contributed by atoms with van der Waals surface area (Å²) in [4.78, 5) is 12.4. The largest absolute Gasteiger partial charge is 0.495 e. The van der Waals surface area contributed by atoms with Crippen LogP contribution in [0.5, 0.6) is 5.75 Å². The average Bonchev–Trinajstić information content (AvgIpc) is 2.63. The maximum absolute atomic E-state index is 12.4. The van der Waals surface area contributed by atoms with E-state index in [4.69, 9.17) is 4.74 Å². The molecular weight excluding hydrogens is 446 g/mol. The third-order valence-electron chi connectivity index (χ3n) is 3.90. The first-order valence-electron chi connectivity index (χ1n) is 8.33. The molecule has 7 nitrogen and oxygen atoms in total. The van der Waals surface area contributed by atoms with Crippen molar-refractivity contribution in [1.29, 1.82) is 0 Å². The predicted octanol–water partition coefficient (Wildman–Crippen LogP) is 3.07. The van der Waals surface area contributed by atoms with Crippen LogP contribution < -0.4 is 14.5 Å². The van der Waals surface area contributed by atoms with Gasteiger partial charge in [0, 0.05) is 4.47 Å². The summed E-state index contributed by atoms with van der Waals surface area (Å²) in [5.74, 6) is -0.205. The molecule has 0 aliphatic heterocycles. The number of amides is 1. The first-order valence-corrected chi connectivity index (χ1v) is 11.0. The van der Waals surface area contributed by atoms with Gasteiger partial charge in [0.25, 0.3) is 5.91 Å². The van der Waals surface area contributed by atoms with Crippen molar-refractivity contribution in [3.63, 3.8) is 0 Å². The number of halogens is 1. The third-order valence-corrected chi connectivity index (χ3v) is 5.56. The van der Waals surface area contributed by atoms with Crippen molar-refractivity contribution in [3.8, 4) is 5.75 Å². The Labute approximate surface area is 173 Å². The van der Waals surface area contributed by atoms with Gasteiger partial charge in [-0.2, -0.15) is 5.10 Å². The summed E-state index contributed by atoms with van der Waals surface area (Å²) in [5.41, 5.74) is 4.99. The summed E-state index contributed by atoms with van der Waals surface area (Å²) >= 11 is 3.36. The van der Waals surface area contributed by atoms with Gasteiger partial charge >= 0.3 is 0 Å². The molecule has 0 fully saturated rings. The van der Waals surface area contributed by atoms with E-state index in [9.17, 15) is 13.2 Å². The van der Waals surface area contributed by atoms with Crippen LogP contribution in [0.1, 0.15) is 18.1 Å². The van der Waals surface area contributed by atoms with Crippen LogP contribution in [0.4, 0.5) is 5.69 Å². The number of aryl methyl sites for hydroxylation is 1. The first-order chi connectivity index (χ1) is 13.1. The van der Waals surface area contributed by atoms with Crippen LogP contribution in [0.3, 0.4) is 0 Å². The summed E-state index contributed by atoms with van der Waals surface area (Å²) in [6, 6.07) is 12.6. The standard InChI is InChI=1S/C19H22BrN3O4S/c1-13-5-10-18(27-3)17(11-13)23(28(4,25)26)12-19(24)22-21-14(2)15-6-8-16(20)9-7-15/h5-11H,12H2,1-4H3,(H,22,24)/b21-14-. The van der Waals surface area contributed by atoms with E-state index in [-0.39, 0.29) is 0 Å². The van der Waals surface area contributed by atoms with Gasteiger partial charge in [0.15, 0.2) is 0 Å². The number of rotatable bonds is 7. The molecule has 0 unspecified atom stereocenters. The van der Waals surface area contributed by atoms with Crippen molar-refractivity contribution in [3.05, 3.63) is 58.1 Å². The highest BCUT2D eigenvalue weighted by Gasteiger charge is 2.24. The molecule has 0 bridgehead atoms. The second-order valence-corrected chi connectivity index (χ2v) is 9.01. The lowest BCUT2D eigenvalue weighted by Crippen LogP contribution is -2.39. The van der Waals surface area contributed by atoms with Gasteiger partial charge in [-0.25, -0.2) is 13.8 Å². The minimum absolute atomic E-state index is 0.300. The normalized spacial score (nSPS) is 11.8. The van der Waals surface area contributed by atoms with Crippen molar-refractivity contribution in [2.75, 3.05) is 24.2 Å². The molecule has 0 saturated carbocycles. The van der Waals surface area contributed by atoms with Gasteiger partial charge in [0.2, 0.25) is 10.0 Å². The third kappa shape index (κ3) is 5.80. The van der Waals surface area contributed by atoms with Crippen LogP contribution in [0.25, 0.3) is 0 Å². The lowest BCUT2D eigenvalue weighted by molar-refractivity contribution is -0.119. The van der Waals surface area contributed by atoms with Gasteiger partial charge in [0.05, 0.1) is 24.8 Å². The molecule has 0 radical (unpaired) electrons. The van der Waals surface area contributed by atoms with Crippen LogP contribution in [-0.2, 0) is 14.8 Å². The fourth-order valence-electron chi connectivity index (χ4n) is 2.44. The number of hydrogen-bond acceptors (Lipinski definition) is 5. The minimum atomic E-state index is -3.72. The number of benzene rings is 2. The van der Waals surface area contributed by atoms with Gasteiger partial charge in [-0.1, -0.05) is 34.1 Å². The number of methoxy groups -OCH3 is 1. The van der Waals surface area contributed by atoms with Gasteiger partial charge in [-0.05, 0) is 49.2 Å². The molecule has 150 valence electrons. The van der Waals surface area contributed by atoms with E-state index in [0.29, 0.717) is 17.1 Å². The fourth-order valence-corrected chi connectivity index (χ4v) is 3.56. The van der Waals surface area contributed by atoms with Crippen LogP contribution in [0.15, 0.2) is 52.0 Å². The van der Waals surface area contributed by atoms with E-state index in [0.717, 1.165) is 26.2 Å². The predicted molar refractivity (Wildman–Crippen MR) is 114 cm³/mol. The number of nitrogens with zero attached hydrogens (tertiary/aromatic N) is 2. The maximum atomic E-state index is 12.4. The summed E-state index contributed by atoms with van der Waals surface area (Å²) in [7, 11) is -2.27. The Bertz CT molecular complexity index is 989. The lowest BCUT2D eigenvalue weighted by atomic mass is 10.1. The first kappa shape index (κ1) is 21.9. The van der Waals surface area contributed by atoms with Gasteiger partial charge in [-0.3, -0.25) is 9.10 Å². The molecule has 0 saturated heterocycles. The number of nitrogens with one attached hydrogen (secondary N) is 1. The van der Waals surface area contributed by atoms with Crippen molar-refractivity contribution in [2.45, 2.75) is 13.8 Å². The van der Waals surface area contributed by atoms with E-state index in [2.05, 4.69) is 26.5 Å². The highest BCUT2D eigenvalue weighted by atomic mass is 79.9. The van der Waals surface area contributed by atoms with Crippen molar-refractivity contribution >= 4 is 43.3 Å². The van der Waals surface area contributed by atoms with Crippen LogP contribution >= 0.6 is 15.9 Å². The zero-order valence-corrected chi connectivity index (χ0v) is 18.5. The smallest absolute Gasteiger partial charge is 0.260 e. The van der Waals surface area contributed by atoms with E-state index in [1.165, 1.54) is 7.11 Å². The Morgan fingerprint density at radius 1 is 1.21 bits per heavy atom. The highest BCUT2D eigenvalue weighted by molar-refractivity contribution is 9.10. The van der Waals surface area contributed by atoms with Crippen molar-refractivity contribution < 1.29 is 17.9 Å². The topological polar surface area (TPSA) is 88.1 Å².